The van der Waals surface area contributed by atoms with Gasteiger partial charge in [0.05, 0.1) is 0 Å². The third kappa shape index (κ3) is 3.28. The Morgan fingerprint density at radius 1 is 1.54 bits per heavy atom. The lowest BCUT2D eigenvalue weighted by molar-refractivity contribution is 0.0949. The molecule has 1 aromatic rings. The molecule has 0 fully saturated rings. The van der Waals surface area contributed by atoms with Gasteiger partial charge in [0.25, 0.3) is 5.91 Å². The average molecular weight is 180 g/mol. The second kappa shape index (κ2) is 4.65. The minimum absolute atomic E-state index is 0.157. The summed E-state index contributed by atoms with van der Waals surface area (Å²) in [6, 6.07) is 8.73. The molecule has 0 saturated heterocycles. The normalized spacial score (nSPS) is 16.5. The number of nitrogens with one attached hydrogen (secondary N) is 1. The molecule has 13 heavy (non-hydrogen) atoms. The molecule has 0 heterocycles. The van der Waals surface area contributed by atoms with E-state index in [0.717, 1.165) is 0 Å². The Morgan fingerprint density at radius 2 is 2.23 bits per heavy atom. The zero-order valence-corrected chi connectivity index (χ0v) is 7.58. The molecule has 0 bridgehead atoms. The number of hydrogen-bond donors (Lipinski definition) is 1. The SMILES string of the molecule is [2H]C([2H])([2H])C(C)CNC(=O)c1ccccc1. The van der Waals surface area contributed by atoms with Crippen molar-refractivity contribution in [2.24, 2.45) is 5.92 Å². The quantitative estimate of drug-likeness (QED) is 0.758. The summed E-state index contributed by atoms with van der Waals surface area (Å²) in [4.78, 5) is 11.6. The van der Waals surface area contributed by atoms with E-state index in [4.69, 9.17) is 4.11 Å². The molecule has 0 aliphatic rings. The first-order chi connectivity index (χ1) is 7.41. The number of hydrogen-bond acceptors (Lipinski definition) is 1. The molecule has 1 amide bonds. The lowest BCUT2D eigenvalue weighted by atomic mass is 10.2. The molecule has 2 heteroatoms. The van der Waals surface area contributed by atoms with Gasteiger partial charge in [0.15, 0.2) is 0 Å². The molecule has 0 spiro atoms. The van der Waals surface area contributed by atoms with Crippen LogP contribution >= 0.6 is 0 Å². The molecule has 1 unspecified atom stereocenters. The summed E-state index contributed by atoms with van der Waals surface area (Å²) in [5, 5.41) is 2.61. The first-order valence-corrected chi connectivity index (χ1v) is 4.24. The molecule has 0 saturated carbocycles. The van der Waals surface area contributed by atoms with Crippen molar-refractivity contribution in [2.75, 3.05) is 6.54 Å². The highest BCUT2D eigenvalue weighted by molar-refractivity contribution is 5.94. The van der Waals surface area contributed by atoms with Crippen LogP contribution in [-0.2, 0) is 0 Å². The van der Waals surface area contributed by atoms with E-state index in [-0.39, 0.29) is 12.5 Å². The molecular weight excluding hydrogens is 162 g/mol. The van der Waals surface area contributed by atoms with Gasteiger partial charge in [0, 0.05) is 16.2 Å². The average Bonchev–Trinajstić information content (AvgIpc) is 2.25. The molecule has 1 aromatic carbocycles. The Morgan fingerprint density at radius 3 is 2.85 bits per heavy atom. The van der Waals surface area contributed by atoms with Gasteiger partial charge in [-0.05, 0) is 18.1 Å². The van der Waals surface area contributed by atoms with Crippen molar-refractivity contribution in [3.8, 4) is 0 Å². The van der Waals surface area contributed by atoms with E-state index >= 15 is 0 Å². The number of rotatable bonds is 3. The Hall–Kier alpha value is -1.31. The van der Waals surface area contributed by atoms with E-state index in [1.54, 1.807) is 31.2 Å². The molecule has 1 rings (SSSR count). The van der Waals surface area contributed by atoms with Crippen LogP contribution in [0, 0.1) is 5.92 Å². The first kappa shape index (κ1) is 6.19. The summed E-state index contributed by atoms with van der Waals surface area (Å²) in [6.07, 6.45) is 0. The Balaban J connectivity index is 2.48. The monoisotopic (exact) mass is 180 g/mol. The predicted octanol–water partition coefficient (Wildman–Crippen LogP) is 2.07. The molecule has 0 radical (unpaired) electrons. The second-order valence-corrected chi connectivity index (χ2v) is 2.98. The zero-order valence-electron chi connectivity index (χ0n) is 10.6. The number of carbonyl (C=O) groups excluding carboxylic acids is 1. The molecule has 2 nitrogen and oxygen atoms in total. The number of amides is 1. The maximum atomic E-state index is 11.6. The van der Waals surface area contributed by atoms with Crippen LogP contribution in [-0.4, -0.2) is 12.5 Å². The first-order valence-electron chi connectivity index (χ1n) is 5.74. The van der Waals surface area contributed by atoms with Gasteiger partial charge in [-0.1, -0.05) is 32.0 Å². The predicted molar refractivity (Wildman–Crippen MR) is 53.6 cm³/mol. The lowest BCUT2D eigenvalue weighted by Gasteiger charge is -2.06. The van der Waals surface area contributed by atoms with E-state index in [1.165, 1.54) is 0 Å². The van der Waals surface area contributed by atoms with E-state index < -0.39 is 12.8 Å². The summed E-state index contributed by atoms with van der Waals surface area (Å²) in [7, 11) is 0. The van der Waals surface area contributed by atoms with Gasteiger partial charge in [0.1, 0.15) is 0 Å². The number of benzene rings is 1. The summed E-state index contributed by atoms with van der Waals surface area (Å²) in [5.74, 6) is -0.781. The smallest absolute Gasteiger partial charge is 0.251 e. The maximum Gasteiger partial charge on any atom is 0.251 e. The largest absolute Gasteiger partial charge is 0.352 e. The third-order valence-electron chi connectivity index (χ3n) is 1.60. The van der Waals surface area contributed by atoms with Crippen molar-refractivity contribution >= 4 is 5.91 Å². The van der Waals surface area contributed by atoms with Crippen LogP contribution < -0.4 is 5.32 Å². The van der Waals surface area contributed by atoms with Gasteiger partial charge in [-0.25, -0.2) is 0 Å². The van der Waals surface area contributed by atoms with Crippen molar-refractivity contribution in [2.45, 2.75) is 13.8 Å². The van der Waals surface area contributed by atoms with E-state index in [2.05, 4.69) is 5.32 Å². The van der Waals surface area contributed by atoms with Gasteiger partial charge in [0.2, 0.25) is 0 Å². The summed E-state index contributed by atoms with van der Waals surface area (Å²) >= 11 is 0. The molecule has 0 aliphatic heterocycles. The summed E-state index contributed by atoms with van der Waals surface area (Å²) in [6.45, 7) is -0.271. The standard InChI is InChI=1S/C11H15NO/c1-9(2)8-12-11(13)10-6-4-3-5-7-10/h3-7,9H,8H2,1-2H3,(H,12,13)/i1D3. The summed E-state index contributed by atoms with van der Waals surface area (Å²) < 4.78 is 21.5. The second-order valence-electron chi connectivity index (χ2n) is 2.98. The lowest BCUT2D eigenvalue weighted by Crippen LogP contribution is -2.27. The van der Waals surface area contributed by atoms with E-state index in [9.17, 15) is 4.79 Å². The fourth-order valence-electron chi connectivity index (χ4n) is 0.937. The highest BCUT2D eigenvalue weighted by Gasteiger charge is 2.03. The molecular formula is C11H15NO. The minimum atomic E-state index is -2.02. The highest BCUT2D eigenvalue weighted by atomic mass is 16.1. The van der Waals surface area contributed by atoms with E-state index in [1.807, 2.05) is 6.07 Å². The van der Waals surface area contributed by atoms with Crippen molar-refractivity contribution in [1.82, 2.24) is 5.32 Å². The van der Waals surface area contributed by atoms with Crippen molar-refractivity contribution in [3.63, 3.8) is 0 Å². The maximum absolute atomic E-state index is 11.6. The van der Waals surface area contributed by atoms with Crippen molar-refractivity contribution in [3.05, 3.63) is 35.9 Å². The van der Waals surface area contributed by atoms with Crippen LogP contribution in [0.2, 0.25) is 0 Å². The van der Waals surface area contributed by atoms with Crippen molar-refractivity contribution < 1.29 is 8.91 Å². The Bertz CT molecular complexity index is 348. The van der Waals surface area contributed by atoms with E-state index in [0.29, 0.717) is 5.56 Å². The topological polar surface area (TPSA) is 29.1 Å². The molecule has 1 atom stereocenters. The fraction of sp³-hybridized carbons (Fsp3) is 0.364. The van der Waals surface area contributed by atoms with Crippen LogP contribution in [0.5, 0.6) is 0 Å². The highest BCUT2D eigenvalue weighted by Crippen LogP contribution is 1.98. The van der Waals surface area contributed by atoms with Gasteiger partial charge < -0.3 is 5.32 Å². The van der Waals surface area contributed by atoms with Crippen LogP contribution in [0.3, 0.4) is 0 Å². The number of carbonyl (C=O) groups is 1. The van der Waals surface area contributed by atoms with Crippen LogP contribution in [0.4, 0.5) is 0 Å². The fourth-order valence-corrected chi connectivity index (χ4v) is 0.937. The minimum Gasteiger partial charge on any atom is -0.352 e. The van der Waals surface area contributed by atoms with Crippen LogP contribution in [0.15, 0.2) is 30.3 Å². The van der Waals surface area contributed by atoms with Gasteiger partial charge in [-0.2, -0.15) is 0 Å². The van der Waals surface area contributed by atoms with Crippen molar-refractivity contribution in [1.29, 1.82) is 0 Å². The molecule has 0 aliphatic carbocycles. The van der Waals surface area contributed by atoms with Gasteiger partial charge in [-0.15, -0.1) is 0 Å². The molecule has 0 aromatic heterocycles. The van der Waals surface area contributed by atoms with Crippen LogP contribution in [0.25, 0.3) is 0 Å². The third-order valence-corrected chi connectivity index (χ3v) is 1.60. The Labute approximate surface area is 83.2 Å². The van der Waals surface area contributed by atoms with Gasteiger partial charge in [-0.3, -0.25) is 4.79 Å². The Kier molecular flexibility index (Phi) is 2.21. The molecule has 1 N–H and O–H groups in total. The molecule has 70 valence electrons. The summed E-state index contributed by atoms with van der Waals surface area (Å²) in [5.41, 5.74) is 0.542. The van der Waals surface area contributed by atoms with Gasteiger partial charge >= 0.3 is 0 Å². The zero-order chi connectivity index (χ0) is 12.2. The van der Waals surface area contributed by atoms with Crippen LogP contribution in [0.1, 0.15) is 28.2 Å².